The van der Waals surface area contributed by atoms with Gasteiger partial charge in [-0.15, -0.1) is 0 Å². The van der Waals surface area contributed by atoms with Gasteiger partial charge < -0.3 is 58.2 Å². The van der Waals surface area contributed by atoms with Crippen molar-refractivity contribution in [3.05, 3.63) is 71.9 Å². The fraction of sp³-hybridized carbons (Fsp3) is 0.661. The number of aliphatic hydroxyl groups excluding tert-OH is 1. The molecule has 0 spiro atoms. The third-order valence-corrected chi connectivity index (χ3v) is 20.7. The lowest BCUT2D eigenvalue weighted by molar-refractivity contribution is -0.265. The number of hydrogen-bond donors (Lipinski definition) is 6. The second-order valence-electron chi connectivity index (χ2n) is 23.1. The van der Waals surface area contributed by atoms with Crippen LogP contribution in [-0.2, 0) is 61.5 Å². The Morgan fingerprint density at radius 1 is 0.841 bits per heavy atom. The van der Waals surface area contributed by atoms with Gasteiger partial charge >= 0.3 is 19.7 Å². The first-order valence-corrected chi connectivity index (χ1v) is 32.1. The van der Waals surface area contributed by atoms with Crippen molar-refractivity contribution in [1.82, 2.24) is 4.90 Å². The number of nitrogens with zero attached hydrogens (tertiary/aromatic N) is 1. The number of ether oxygens (including phenoxy) is 6. The molecule has 0 aromatic heterocycles. The van der Waals surface area contributed by atoms with E-state index in [9.17, 15) is 62.8 Å². The minimum atomic E-state index is -4.80. The summed E-state index contributed by atoms with van der Waals surface area (Å²) in [5.41, 5.74) is 1.36. The standard InChI is InChI=1S/C59H88N2O19P2/c1-35-16-12-11-13-17-36(2)49(75-8)32-44-23-19-41(7)59(69,80-44)55(65)56(66)61-27-15-14-18-46(61)57(67)78-50(33-47(62)37(3)29-40(6)53(64)54(77-10)52(63)39(5)28-35)38(4)30-42-20-26-48(51(31-42)76-9)79-58(68)60-43-21-24-45(25-22-43)81(70,71)34-82(72,73)74/h11-13,16-17,21-22,24-25,29,35,37-39,41-42,44,46,48-51,53-54,64,69H,14-15,18-20,23,26-28,30-34H2,1-10H3,(H,60,68)(H,70,71)(H2,72,73,74)/b13-11?,16-12+,36-17?,40-29+/t35-,37-,38-,39-,41-,42+,44+,46?,48-,49+,50+,51-,53+,54+,59-/m1/s1. The molecule has 3 fully saturated rings. The lowest BCUT2D eigenvalue weighted by Crippen LogP contribution is -2.61. The van der Waals surface area contributed by atoms with E-state index in [1.165, 1.54) is 38.5 Å². The zero-order valence-corrected chi connectivity index (χ0v) is 50.8. The van der Waals surface area contributed by atoms with Gasteiger partial charge in [-0.1, -0.05) is 71.1 Å². The van der Waals surface area contributed by atoms with Gasteiger partial charge in [-0.3, -0.25) is 33.6 Å². The van der Waals surface area contributed by atoms with E-state index in [0.717, 1.165) is 10.5 Å². The Morgan fingerprint density at radius 2 is 1.54 bits per heavy atom. The second kappa shape index (κ2) is 30.5. The van der Waals surface area contributed by atoms with Crippen molar-refractivity contribution < 1.29 is 91.2 Å². The molecule has 6 N–H and O–H groups in total. The first kappa shape index (κ1) is 68.3. The van der Waals surface area contributed by atoms with Crippen LogP contribution in [0.1, 0.15) is 126 Å². The van der Waals surface area contributed by atoms with Crippen LogP contribution in [0.4, 0.5) is 10.5 Å². The van der Waals surface area contributed by atoms with Gasteiger partial charge in [-0.2, -0.15) is 0 Å². The first-order chi connectivity index (χ1) is 38.5. The summed E-state index contributed by atoms with van der Waals surface area (Å²) < 4.78 is 59.5. The van der Waals surface area contributed by atoms with Gasteiger partial charge in [-0.25, -0.2) is 9.59 Å². The van der Waals surface area contributed by atoms with E-state index in [1.807, 2.05) is 51.2 Å². The van der Waals surface area contributed by atoms with Crippen LogP contribution in [0.2, 0.25) is 0 Å². The molecule has 1 saturated carbocycles. The summed E-state index contributed by atoms with van der Waals surface area (Å²) in [4.78, 5) is 115. The van der Waals surface area contributed by atoms with Crippen LogP contribution in [-0.4, -0.2) is 153 Å². The molecule has 1 aromatic rings. The summed E-state index contributed by atoms with van der Waals surface area (Å²) in [5, 5.41) is 26.0. The molecule has 0 radical (unpaired) electrons. The number of benzene rings is 1. The minimum absolute atomic E-state index is 0.0185. The Bertz CT molecular complexity index is 2620. The van der Waals surface area contributed by atoms with Gasteiger partial charge in [0, 0.05) is 69.5 Å². The lowest BCUT2D eigenvalue weighted by Gasteiger charge is -2.42. The molecule has 16 atom stereocenters. The molecule has 2 saturated heterocycles. The van der Waals surface area contributed by atoms with Crippen LogP contribution in [0.15, 0.2) is 71.9 Å². The van der Waals surface area contributed by atoms with Crippen LogP contribution >= 0.6 is 15.0 Å². The molecular weight excluding hydrogens is 1100 g/mol. The number of rotatable bonds is 11. The molecule has 2 unspecified atom stereocenters. The molecule has 3 heterocycles. The van der Waals surface area contributed by atoms with Gasteiger partial charge in [0.1, 0.15) is 42.1 Å². The van der Waals surface area contributed by atoms with Gasteiger partial charge in [0.2, 0.25) is 13.2 Å². The molecule has 21 nitrogen and oxygen atoms in total. The van der Waals surface area contributed by atoms with Gasteiger partial charge in [0.05, 0.1) is 18.3 Å². The third-order valence-electron chi connectivity index (χ3n) is 16.6. The maximum absolute atomic E-state index is 14.6. The number of methoxy groups -OCH3 is 3. The molecule has 4 aliphatic rings. The Labute approximate surface area is 482 Å². The number of esters is 1. The van der Waals surface area contributed by atoms with Crippen LogP contribution < -0.4 is 10.6 Å². The van der Waals surface area contributed by atoms with E-state index in [1.54, 1.807) is 40.9 Å². The summed E-state index contributed by atoms with van der Waals surface area (Å²) >= 11 is 0. The van der Waals surface area contributed by atoms with Crippen molar-refractivity contribution in [3.63, 3.8) is 0 Å². The normalized spacial score (nSPS) is 34.3. The predicted octanol–water partition coefficient (Wildman–Crippen LogP) is 7.47. The predicted molar refractivity (Wildman–Crippen MR) is 306 cm³/mol. The third kappa shape index (κ3) is 18.7. The van der Waals surface area contributed by atoms with E-state index < -0.39 is 123 Å². The number of ketones is 3. The van der Waals surface area contributed by atoms with Gasteiger partial charge in [0.25, 0.3) is 11.7 Å². The average Bonchev–Trinajstić information content (AvgIpc) is 3.37. The highest BCUT2D eigenvalue weighted by Crippen LogP contribution is 2.54. The fourth-order valence-electron chi connectivity index (χ4n) is 11.6. The van der Waals surface area contributed by atoms with Crippen molar-refractivity contribution in [2.45, 2.75) is 180 Å². The molecule has 23 heteroatoms. The first-order valence-electron chi connectivity index (χ1n) is 28.5. The lowest BCUT2D eigenvalue weighted by atomic mass is 9.78. The summed E-state index contributed by atoms with van der Waals surface area (Å²) in [6, 6.07) is 3.73. The number of carbonyl (C=O) groups excluding carboxylic acids is 6. The van der Waals surface area contributed by atoms with Gasteiger partial charge in [0.15, 0.2) is 5.78 Å². The molecule has 2 amide bonds. The number of hydrogen-bond acceptors (Lipinski definition) is 16. The second-order valence-corrected chi connectivity index (χ2v) is 27.5. The number of fused-ring (bicyclic) bond motifs is 3. The topological polar surface area (TPSA) is 308 Å². The van der Waals surface area contributed by atoms with Crippen LogP contribution in [0.25, 0.3) is 0 Å². The maximum atomic E-state index is 14.6. The van der Waals surface area contributed by atoms with Crippen LogP contribution in [0, 0.1) is 35.5 Å². The quantitative estimate of drug-likeness (QED) is 0.0542. The zero-order valence-electron chi connectivity index (χ0n) is 49.0. The summed E-state index contributed by atoms with van der Waals surface area (Å²) in [7, 11) is -4.82. The molecular formula is C59H88N2O19P2. The van der Waals surface area contributed by atoms with Crippen molar-refractivity contribution in [2.75, 3.05) is 39.1 Å². The van der Waals surface area contributed by atoms with Crippen molar-refractivity contribution in [2.24, 2.45) is 35.5 Å². The molecule has 3 aliphatic heterocycles. The van der Waals surface area contributed by atoms with Crippen molar-refractivity contribution >= 4 is 61.3 Å². The Morgan fingerprint density at radius 3 is 2.18 bits per heavy atom. The smallest absolute Gasteiger partial charge is 0.411 e. The molecule has 5 rings (SSSR count). The summed E-state index contributed by atoms with van der Waals surface area (Å²) in [6.45, 7) is 12.4. The van der Waals surface area contributed by atoms with Gasteiger partial charge in [-0.05, 0) is 131 Å². The number of allylic oxidation sites excluding steroid dienone is 6. The highest BCUT2D eigenvalue weighted by atomic mass is 31.2. The number of nitrogens with one attached hydrogen (secondary N) is 1. The largest absolute Gasteiger partial charge is 0.460 e. The molecule has 2 bridgehead atoms. The number of aliphatic hydroxyl groups is 2. The number of amides is 2. The van der Waals surface area contributed by atoms with E-state index >= 15 is 0 Å². The number of carbonyl (C=O) groups is 6. The SMILES string of the molecule is CO[C@H]1C[C@@H]2CC[C@@H](C)[C@@](O)(O2)C(=O)C(=O)N2CCCCC2C(=O)O[C@H]([C@H](C)C[C@@H]2CC[C@@H](OC(=O)Nc3ccc(P(=O)(O)CP(=O)(O)O)cc3)[C@H](OC)C2)CC(=O)[C@H](C)/C=C(\C)[C@H](O)[C@@H](OC)C(=O)[C@H](C)C[C@H](C)/C=C/C=CC=C1C. The van der Waals surface area contributed by atoms with Crippen LogP contribution in [0.3, 0.4) is 0 Å². The monoisotopic (exact) mass is 1190 g/mol. The van der Waals surface area contributed by atoms with Crippen molar-refractivity contribution in [3.8, 4) is 0 Å². The number of anilines is 1. The molecule has 458 valence electrons. The number of piperidine rings is 1. The Hall–Kier alpha value is -4.50. The van der Waals surface area contributed by atoms with E-state index in [4.69, 9.17) is 28.4 Å². The fourth-order valence-corrected chi connectivity index (χ4v) is 14.9. The maximum Gasteiger partial charge on any atom is 0.411 e. The minimum Gasteiger partial charge on any atom is -0.460 e. The number of Topliss-reactive ketones (excluding diaryl/α,β-unsaturated/α-hetero) is 3. The highest BCUT2D eigenvalue weighted by Gasteiger charge is 2.53. The van der Waals surface area contributed by atoms with Crippen molar-refractivity contribution in [1.29, 1.82) is 0 Å². The Kier molecular flexibility index (Phi) is 25.4. The molecule has 1 aromatic carbocycles. The van der Waals surface area contributed by atoms with E-state index in [2.05, 4.69) is 5.32 Å². The number of cyclic esters (lactones) is 1. The van der Waals surface area contributed by atoms with E-state index in [0.29, 0.717) is 63.4 Å². The molecule has 82 heavy (non-hydrogen) atoms. The highest BCUT2D eigenvalue weighted by molar-refractivity contribution is 7.77. The summed E-state index contributed by atoms with van der Waals surface area (Å²) in [6.07, 6.45) is 8.19. The average molecular weight is 1190 g/mol. The van der Waals surface area contributed by atoms with E-state index in [-0.39, 0.29) is 60.2 Å². The molecule has 1 aliphatic carbocycles. The zero-order chi connectivity index (χ0) is 60.9. The Balaban J connectivity index is 1.40. The van der Waals surface area contributed by atoms with Crippen LogP contribution in [0.5, 0.6) is 0 Å². The summed E-state index contributed by atoms with van der Waals surface area (Å²) in [5.74, 6) is -10.2.